The number of hydrogen-bond donors (Lipinski definition) is 3. The highest BCUT2D eigenvalue weighted by molar-refractivity contribution is 6.06. The van der Waals surface area contributed by atoms with Gasteiger partial charge < -0.3 is 21.2 Å². The predicted octanol–water partition coefficient (Wildman–Crippen LogP) is 0.228. The van der Waals surface area contributed by atoms with Gasteiger partial charge in [0.1, 0.15) is 17.6 Å². The third-order valence-corrected chi connectivity index (χ3v) is 7.71. The van der Waals surface area contributed by atoms with Gasteiger partial charge in [-0.05, 0) is 51.9 Å². The van der Waals surface area contributed by atoms with Crippen molar-refractivity contribution < 1.29 is 33.6 Å². The number of amides is 4. The number of rotatable bonds is 16. The minimum absolute atomic E-state index is 0.00702. The monoisotopic (exact) mass is 557 g/mol. The van der Waals surface area contributed by atoms with Crippen LogP contribution >= 0.6 is 0 Å². The number of hydrogen-bond acceptors (Lipinski definition) is 8. The molecule has 2 fully saturated rings. The molecule has 12 heteroatoms. The Morgan fingerprint density at radius 1 is 0.925 bits per heavy atom. The molecule has 4 N–H and O–H groups in total. The molecular weight excluding hydrogens is 518 g/mol. The number of carbonyl (C=O) groups is 7. The minimum atomic E-state index is -1.13. The number of fused-ring (bicyclic) bond motifs is 5. The molecule has 2 bridgehead atoms. The number of imide groups is 1. The Hall–Kier alpha value is -3.70. The summed E-state index contributed by atoms with van der Waals surface area (Å²) >= 11 is 0. The third-order valence-electron chi connectivity index (χ3n) is 7.71. The first-order chi connectivity index (χ1) is 18.9. The van der Waals surface area contributed by atoms with Crippen LogP contribution in [0.4, 0.5) is 0 Å². The summed E-state index contributed by atoms with van der Waals surface area (Å²) in [6.07, 6.45) is 4.82. The van der Waals surface area contributed by atoms with Gasteiger partial charge in [-0.3, -0.25) is 38.7 Å². The molecule has 1 saturated heterocycles. The third kappa shape index (κ3) is 7.70. The van der Waals surface area contributed by atoms with Gasteiger partial charge in [-0.1, -0.05) is 12.2 Å². The second-order valence-electron chi connectivity index (χ2n) is 11.0. The quantitative estimate of drug-likeness (QED) is 0.0791. The Kier molecular flexibility index (Phi) is 10.5. The Morgan fingerprint density at radius 3 is 2.10 bits per heavy atom. The van der Waals surface area contributed by atoms with E-state index in [9.17, 15) is 33.6 Å². The second kappa shape index (κ2) is 13.6. The molecule has 3 aliphatic rings. The van der Waals surface area contributed by atoms with Crippen LogP contribution in [0, 0.1) is 23.7 Å². The van der Waals surface area contributed by atoms with Gasteiger partial charge >= 0.3 is 0 Å². The lowest BCUT2D eigenvalue weighted by Crippen LogP contribution is -2.52. The molecule has 0 radical (unpaired) electrons. The van der Waals surface area contributed by atoms with Crippen molar-refractivity contribution in [2.24, 2.45) is 34.4 Å². The van der Waals surface area contributed by atoms with E-state index >= 15 is 0 Å². The van der Waals surface area contributed by atoms with E-state index in [1.165, 1.54) is 13.8 Å². The normalized spacial score (nSPS) is 24.6. The van der Waals surface area contributed by atoms with Crippen molar-refractivity contribution in [2.45, 2.75) is 77.8 Å². The van der Waals surface area contributed by atoms with E-state index in [4.69, 9.17) is 5.73 Å². The van der Waals surface area contributed by atoms with E-state index in [0.717, 1.165) is 11.3 Å². The highest BCUT2D eigenvalue weighted by atomic mass is 16.2. The van der Waals surface area contributed by atoms with Crippen LogP contribution in [0.5, 0.6) is 0 Å². The number of Topliss-reactive ketones (excluding diaryl/α,β-unsaturated/α-hetero) is 3. The summed E-state index contributed by atoms with van der Waals surface area (Å²) in [7, 11) is 0. The average molecular weight is 558 g/mol. The predicted molar refractivity (Wildman–Crippen MR) is 145 cm³/mol. The second-order valence-corrected chi connectivity index (χ2v) is 11.0. The Morgan fingerprint density at radius 2 is 1.55 bits per heavy atom. The maximum atomic E-state index is 13.2. The fourth-order valence-electron chi connectivity index (χ4n) is 5.76. The summed E-state index contributed by atoms with van der Waals surface area (Å²) in [4.78, 5) is 92.8. The molecule has 12 nitrogen and oxygen atoms in total. The zero-order valence-electron chi connectivity index (χ0n) is 23.3. The van der Waals surface area contributed by atoms with Crippen LogP contribution in [-0.4, -0.2) is 76.9 Å². The highest BCUT2D eigenvalue weighted by Gasteiger charge is 2.59. The zero-order chi connectivity index (χ0) is 29.6. The van der Waals surface area contributed by atoms with Crippen LogP contribution < -0.4 is 16.4 Å². The number of nitrogens with zero attached hydrogens (tertiary/aromatic N) is 2. The van der Waals surface area contributed by atoms with Crippen molar-refractivity contribution in [2.75, 3.05) is 13.1 Å². The first-order valence-corrected chi connectivity index (χ1v) is 13.8. The number of ketones is 3. The molecule has 40 heavy (non-hydrogen) atoms. The standard InChI is InChI=1S/C28H39N5O7/c1-15(34)6-9-22(36)21(13-16(2)35)32-26(38)20(5-4-11-30-17(3)29)31-23(37)10-12-33-27(39)24-18-7-8-19(14-18)25(24)28(33)40/h7-8,18-21,24-25H,4-6,9-14H2,1-3H3,(H2,29,30)(H,31,37)(H,32,38)/t18-,19?,20-,21-,24?,25-/m0/s1. The Labute approximate surface area is 233 Å². The zero-order valence-corrected chi connectivity index (χ0v) is 23.3. The maximum absolute atomic E-state index is 13.2. The van der Waals surface area contributed by atoms with Crippen LogP contribution in [0.25, 0.3) is 0 Å². The first kappa shape index (κ1) is 30.8. The lowest BCUT2D eigenvalue weighted by atomic mass is 9.85. The summed E-state index contributed by atoms with van der Waals surface area (Å²) in [5.41, 5.74) is 5.57. The molecule has 3 rings (SSSR count). The number of likely N-dealkylation sites (tertiary alicyclic amines) is 1. The van der Waals surface area contributed by atoms with E-state index in [1.807, 2.05) is 12.2 Å². The van der Waals surface area contributed by atoms with Crippen LogP contribution in [0.2, 0.25) is 0 Å². The summed E-state index contributed by atoms with van der Waals surface area (Å²) in [5, 5.41) is 5.20. The minimum Gasteiger partial charge on any atom is -0.388 e. The summed E-state index contributed by atoms with van der Waals surface area (Å²) < 4.78 is 0. The molecule has 1 aliphatic heterocycles. The fraction of sp³-hybridized carbons (Fsp3) is 0.643. The van der Waals surface area contributed by atoms with Crippen LogP contribution in [0.15, 0.2) is 17.1 Å². The number of carbonyl (C=O) groups excluding carboxylic acids is 7. The van der Waals surface area contributed by atoms with Gasteiger partial charge in [0, 0.05) is 38.8 Å². The van der Waals surface area contributed by atoms with Gasteiger partial charge in [0.2, 0.25) is 23.6 Å². The van der Waals surface area contributed by atoms with Gasteiger partial charge in [-0.15, -0.1) is 0 Å². The largest absolute Gasteiger partial charge is 0.388 e. The Balaban J connectivity index is 1.62. The lowest BCUT2D eigenvalue weighted by molar-refractivity contribution is -0.141. The molecule has 2 aliphatic carbocycles. The SMILES string of the molecule is CC(=O)CCC(=O)[C@H](CC(C)=O)NC(=O)[C@H](CCCN=C(C)N)NC(=O)CCN1C(=O)C2[C@@H](C1=O)C1C=C[C@H]2C1. The molecule has 0 aromatic carbocycles. The molecule has 6 atom stereocenters. The highest BCUT2D eigenvalue weighted by Crippen LogP contribution is 2.52. The number of amidine groups is 1. The number of nitrogens with two attached hydrogens (primary N) is 1. The smallest absolute Gasteiger partial charge is 0.243 e. The molecule has 0 aromatic heterocycles. The van der Waals surface area contributed by atoms with Crippen LogP contribution in [0.3, 0.4) is 0 Å². The van der Waals surface area contributed by atoms with Crippen molar-refractivity contribution >= 4 is 46.8 Å². The van der Waals surface area contributed by atoms with Gasteiger partial charge in [-0.2, -0.15) is 0 Å². The van der Waals surface area contributed by atoms with Crippen molar-refractivity contribution in [3.63, 3.8) is 0 Å². The molecule has 218 valence electrons. The van der Waals surface area contributed by atoms with Crippen LogP contribution in [0.1, 0.15) is 65.7 Å². The molecule has 1 heterocycles. The molecule has 0 aromatic rings. The molecule has 1 saturated carbocycles. The van der Waals surface area contributed by atoms with Crippen molar-refractivity contribution in [3.8, 4) is 0 Å². The maximum Gasteiger partial charge on any atom is 0.243 e. The van der Waals surface area contributed by atoms with E-state index < -0.39 is 29.7 Å². The van der Waals surface area contributed by atoms with Gasteiger partial charge in [0.05, 0.1) is 23.7 Å². The van der Waals surface area contributed by atoms with E-state index in [-0.39, 0.29) is 85.7 Å². The number of allylic oxidation sites excluding steroid dienone is 2. The van der Waals surface area contributed by atoms with E-state index in [2.05, 4.69) is 15.6 Å². The number of nitrogens with one attached hydrogen (secondary N) is 2. The lowest BCUT2D eigenvalue weighted by Gasteiger charge is -2.23. The van der Waals surface area contributed by atoms with Crippen molar-refractivity contribution in [1.29, 1.82) is 0 Å². The molecule has 0 spiro atoms. The van der Waals surface area contributed by atoms with Gasteiger partial charge in [-0.25, -0.2) is 0 Å². The van der Waals surface area contributed by atoms with Crippen molar-refractivity contribution in [1.82, 2.24) is 15.5 Å². The van der Waals surface area contributed by atoms with E-state index in [1.54, 1.807) is 6.92 Å². The molecular formula is C28H39N5O7. The summed E-state index contributed by atoms with van der Waals surface area (Å²) in [6.45, 7) is 4.49. The number of aliphatic imine (C=N–C) groups is 1. The van der Waals surface area contributed by atoms with Gasteiger partial charge in [0.15, 0.2) is 5.78 Å². The topological polar surface area (TPSA) is 185 Å². The van der Waals surface area contributed by atoms with Crippen LogP contribution in [-0.2, 0) is 33.6 Å². The molecule has 2 unspecified atom stereocenters. The molecule has 4 amide bonds. The van der Waals surface area contributed by atoms with E-state index in [0.29, 0.717) is 18.8 Å². The summed E-state index contributed by atoms with van der Waals surface area (Å²) in [6, 6.07) is -2.18. The van der Waals surface area contributed by atoms with Crippen molar-refractivity contribution in [3.05, 3.63) is 12.2 Å². The average Bonchev–Trinajstić information content (AvgIpc) is 3.56. The Bertz CT molecular complexity index is 1100. The van der Waals surface area contributed by atoms with Gasteiger partial charge in [0.25, 0.3) is 0 Å². The fourth-order valence-corrected chi connectivity index (χ4v) is 5.76. The first-order valence-electron chi connectivity index (χ1n) is 13.8. The summed E-state index contributed by atoms with van der Waals surface area (Å²) in [5.74, 6) is -2.85.